The molecule has 2 atom stereocenters. The highest BCUT2D eigenvalue weighted by Gasteiger charge is 2.44. The average Bonchev–Trinajstić information content (AvgIpc) is 3.08. The van der Waals surface area contributed by atoms with Gasteiger partial charge in [-0.1, -0.05) is 35.5 Å². The molecule has 1 N–H and O–H groups in total. The van der Waals surface area contributed by atoms with Crippen LogP contribution in [0.4, 0.5) is 0 Å². The fraction of sp³-hybridized carbons (Fsp3) is 0.333. The number of rotatable bonds is 3. The summed E-state index contributed by atoms with van der Waals surface area (Å²) in [4.78, 5) is 11.6. The van der Waals surface area contributed by atoms with Crippen molar-refractivity contribution in [2.45, 2.75) is 19.3 Å². The van der Waals surface area contributed by atoms with Crippen LogP contribution in [0.15, 0.2) is 35.5 Å². The number of oxime groups is 1. The van der Waals surface area contributed by atoms with Crippen molar-refractivity contribution in [1.29, 1.82) is 0 Å². The lowest BCUT2D eigenvalue weighted by Gasteiger charge is -1.98. The van der Waals surface area contributed by atoms with E-state index in [1.807, 2.05) is 30.3 Å². The van der Waals surface area contributed by atoms with Gasteiger partial charge in [0.15, 0.2) is 5.78 Å². The van der Waals surface area contributed by atoms with Gasteiger partial charge in [0.1, 0.15) is 5.71 Å². The summed E-state index contributed by atoms with van der Waals surface area (Å²) in [6.45, 7) is 1.54. The van der Waals surface area contributed by atoms with E-state index in [9.17, 15) is 4.79 Å². The molecular weight excluding hydrogens is 190 g/mol. The summed E-state index contributed by atoms with van der Waals surface area (Å²) in [5.74, 6) is 0.296. The Balaban J connectivity index is 2.06. The molecule has 3 heteroatoms. The summed E-state index contributed by atoms with van der Waals surface area (Å²) in [7, 11) is 0. The van der Waals surface area contributed by atoms with Crippen LogP contribution in [0, 0.1) is 5.92 Å². The molecule has 15 heavy (non-hydrogen) atoms. The molecule has 0 radical (unpaired) electrons. The lowest BCUT2D eigenvalue weighted by atomic mass is 10.1. The Kier molecular flexibility index (Phi) is 2.54. The standard InChI is InChI=1S/C12H13NO2/c1-8(13-15)12(14)11-7-10(11)9-5-3-2-4-6-9/h2-6,10-11,15H,7H2,1H3. The molecule has 0 aliphatic heterocycles. The molecule has 1 aromatic rings. The largest absolute Gasteiger partial charge is 0.411 e. The first kappa shape index (κ1) is 9.90. The maximum atomic E-state index is 11.6. The molecule has 1 aliphatic carbocycles. The van der Waals surface area contributed by atoms with Gasteiger partial charge in [0.2, 0.25) is 0 Å². The first-order chi connectivity index (χ1) is 7.24. The summed E-state index contributed by atoms with van der Waals surface area (Å²) in [5.41, 5.74) is 1.40. The number of benzene rings is 1. The number of hydrogen-bond donors (Lipinski definition) is 1. The van der Waals surface area contributed by atoms with E-state index >= 15 is 0 Å². The predicted octanol–water partition coefficient (Wildman–Crippen LogP) is 2.21. The lowest BCUT2D eigenvalue weighted by Crippen LogP contribution is -2.13. The molecule has 0 spiro atoms. The predicted molar refractivity (Wildman–Crippen MR) is 57.2 cm³/mol. The summed E-state index contributed by atoms with van der Waals surface area (Å²) in [5, 5.41) is 11.5. The van der Waals surface area contributed by atoms with Gasteiger partial charge < -0.3 is 5.21 Å². The second-order valence-electron chi connectivity index (χ2n) is 3.91. The fourth-order valence-electron chi connectivity index (χ4n) is 1.87. The van der Waals surface area contributed by atoms with Gasteiger partial charge in [-0.2, -0.15) is 0 Å². The van der Waals surface area contributed by atoms with Crippen LogP contribution in [0.3, 0.4) is 0 Å². The first-order valence-electron chi connectivity index (χ1n) is 5.02. The quantitative estimate of drug-likeness (QED) is 0.465. The van der Waals surface area contributed by atoms with Crippen LogP contribution in [0.25, 0.3) is 0 Å². The Labute approximate surface area is 88.4 Å². The minimum atomic E-state index is -0.0358. The lowest BCUT2D eigenvalue weighted by molar-refractivity contribution is -0.114. The number of carbonyl (C=O) groups excluding carboxylic acids is 1. The van der Waals surface area contributed by atoms with Gasteiger partial charge in [0.05, 0.1) is 0 Å². The van der Waals surface area contributed by atoms with Crippen molar-refractivity contribution in [2.75, 3.05) is 0 Å². The Bertz CT molecular complexity index is 397. The molecular formula is C12H13NO2. The zero-order valence-electron chi connectivity index (χ0n) is 8.55. The maximum Gasteiger partial charge on any atom is 0.183 e. The molecule has 1 aromatic carbocycles. The molecule has 2 unspecified atom stereocenters. The molecule has 2 rings (SSSR count). The van der Waals surface area contributed by atoms with Gasteiger partial charge in [0, 0.05) is 5.92 Å². The number of nitrogens with zero attached hydrogens (tertiary/aromatic N) is 1. The van der Waals surface area contributed by atoms with Crippen LogP contribution in [-0.2, 0) is 4.79 Å². The summed E-state index contributed by atoms with van der Waals surface area (Å²) in [6, 6.07) is 9.97. The van der Waals surface area contributed by atoms with Gasteiger partial charge in [-0.3, -0.25) is 4.79 Å². The molecule has 1 saturated carbocycles. The zero-order valence-corrected chi connectivity index (χ0v) is 8.55. The van der Waals surface area contributed by atoms with E-state index in [-0.39, 0.29) is 17.4 Å². The van der Waals surface area contributed by atoms with Gasteiger partial charge in [-0.05, 0) is 24.8 Å². The molecule has 0 amide bonds. The molecule has 1 aliphatic rings. The van der Waals surface area contributed by atoms with Crippen molar-refractivity contribution in [3.05, 3.63) is 35.9 Å². The smallest absolute Gasteiger partial charge is 0.183 e. The van der Waals surface area contributed by atoms with E-state index in [1.165, 1.54) is 5.56 Å². The molecule has 0 saturated heterocycles. The van der Waals surface area contributed by atoms with E-state index in [2.05, 4.69) is 5.16 Å². The summed E-state index contributed by atoms with van der Waals surface area (Å²) in [6.07, 6.45) is 0.871. The maximum absolute atomic E-state index is 11.6. The van der Waals surface area contributed by atoms with Crippen molar-refractivity contribution in [1.82, 2.24) is 0 Å². The van der Waals surface area contributed by atoms with Gasteiger partial charge in [0.25, 0.3) is 0 Å². The van der Waals surface area contributed by atoms with Crippen LogP contribution in [0.2, 0.25) is 0 Å². The highest BCUT2D eigenvalue weighted by Crippen LogP contribution is 2.47. The van der Waals surface area contributed by atoms with Crippen LogP contribution < -0.4 is 0 Å². The highest BCUT2D eigenvalue weighted by molar-refractivity contribution is 6.40. The Hall–Kier alpha value is -1.64. The van der Waals surface area contributed by atoms with Crippen molar-refractivity contribution < 1.29 is 10.0 Å². The molecule has 3 nitrogen and oxygen atoms in total. The Morgan fingerprint density at radius 2 is 2.07 bits per heavy atom. The zero-order chi connectivity index (χ0) is 10.8. The number of ketones is 1. The second-order valence-corrected chi connectivity index (χ2v) is 3.91. The van der Waals surface area contributed by atoms with Crippen molar-refractivity contribution >= 4 is 11.5 Å². The normalized spacial score (nSPS) is 25.0. The number of hydrogen-bond acceptors (Lipinski definition) is 3. The molecule has 0 heterocycles. The molecule has 0 bridgehead atoms. The SMILES string of the molecule is CC(=NO)C(=O)C1CC1c1ccccc1. The molecule has 78 valence electrons. The van der Waals surface area contributed by atoms with Gasteiger partial charge >= 0.3 is 0 Å². The van der Waals surface area contributed by atoms with E-state index in [1.54, 1.807) is 6.92 Å². The number of Topliss-reactive ketones (excluding diaryl/α,β-unsaturated/α-hetero) is 1. The third-order valence-electron chi connectivity index (χ3n) is 2.86. The summed E-state index contributed by atoms with van der Waals surface area (Å²) >= 11 is 0. The van der Waals surface area contributed by atoms with E-state index in [0.29, 0.717) is 5.92 Å². The highest BCUT2D eigenvalue weighted by atomic mass is 16.4. The molecule has 0 aromatic heterocycles. The van der Waals surface area contributed by atoms with Crippen LogP contribution >= 0.6 is 0 Å². The van der Waals surface area contributed by atoms with Crippen molar-refractivity contribution in [2.24, 2.45) is 11.1 Å². The Morgan fingerprint density at radius 1 is 1.40 bits per heavy atom. The van der Waals surface area contributed by atoms with Crippen LogP contribution in [0.5, 0.6) is 0 Å². The van der Waals surface area contributed by atoms with E-state index in [4.69, 9.17) is 5.21 Å². The van der Waals surface area contributed by atoms with Gasteiger partial charge in [-0.15, -0.1) is 0 Å². The van der Waals surface area contributed by atoms with Crippen LogP contribution in [-0.4, -0.2) is 16.7 Å². The monoisotopic (exact) mass is 203 g/mol. The number of carbonyl (C=O) groups is 1. The van der Waals surface area contributed by atoms with Crippen LogP contribution in [0.1, 0.15) is 24.8 Å². The first-order valence-corrected chi connectivity index (χ1v) is 5.02. The third-order valence-corrected chi connectivity index (χ3v) is 2.86. The second kappa shape index (κ2) is 3.85. The average molecular weight is 203 g/mol. The Morgan fingerprint density at radius 3 is 2.67 bits per heavy atom. The summed E-state index contributed by atoms with van der Waals surface area (Å²) < 4.78 is 0. The minimum Gasteiger partial charge on any atom is -0.411 e. The minimum absolute atomic E-state index is 0.0169. The third kappa shape index (κ3) is 1.91. The molecule has 1 fully saturated rings. The van der Waals surface area contributed by atoms with Crippen molar-refractivity contribution in [3.8, 4) is 0 Å². The fourth-order valence-corrected chi connectivity index (χ4v) is 1.87. The van der Waals surface area contributed by atoms with E-state index in [0.717, 1.165) is 6.42 Å². The van der Waals surface area contributed by atoms with E-state index < -0.39 is 0 Å². The topological polar surface area (TPSA) is 49.7 Å². The van der Waals surface area contributed by atoms with Crippen molar-refractivity contribution in [3.63, 3.8) is 0 Å². The van der Waals surface area contributed by atoms with Gasteiger partial charge in [-0.25, -0.2) is 0 Å².